The first-order valence-corrected chi connectivity index (χ1v) is 4.04. The Balaban J connectivity index is 2.16. The monoisotopic (exact) mass is 125 g/mol. The quantitative estimate of drug-likeness (QED) is 0.520. The Morgan fingerprint density at radius 2 is 2.11 bits per heavy atom. The van der Waals surface area contributed by atoms with E-state index in [1.54, 1.807) is 0 Å². The molecule has 2 bridgehead atoms. The van der Waals surface area contributed by atoms with Gasteiger partial charge in [0.1, 0.15) is 0 Å². The van der Waals surface area contributed by atoms with Crippen molar-refractivity contribution in [2.24, 2.45) is 23.5 Å². The summed E-state index contributed by atoms with van der Waals surface area (Å²) in [7, 11) is 0. The molecule has 2 N–H and O–H groups in total. The average molecular weight is 125 g/mol. The summed E-state index contributed by atoms with van der Waals surface area (Å²) in [5.74, 6) is 2.71. The van der Waals surface area contributed by atoms with Crippen molar-refractivity contribution >= 4 is 0 Å². The van der Waals surface area contributed by atoms with Crippen LogP contribution in [0, 0.1) is 17.8 Å². The van der Waals surface area contributed by atoms with Gasteiger partial charge in [-0.1, -0.05) is 6.92 Å². The summed E-state index contributed by atoms with van der Waals surface area (Å²) in [6, 6.07) is 0.569. The second kappa shape index (κ2) is 1.72. The van der Waals surface area contributed by atoms with Gasteiger partial charge in [-0.3, -0.25) is 0 Å². The minimum absolute atomic E-state index is 0.569. The lowest BCUT2D eigenvalue weighted by atomic mass is 9.91. The third-order valence-electron chi connectivity index (χ3n) is 3.31. The van der Waals surface area contributed by atoms with Crippen LogP contribution >= 0.6 is 0 Å². The van der Waals surface area contributed by atoms with E-state index in [0.717, 1.165) is 17.8 Å². The van der Waals surface area contributed by atoms with E-state index >= 15 is 0 Å². The van der Waals surface area contributed by atoms with Gasteiger partial charge in [0.05, 0.1) is 0 Å². The molecule has 52 valence electrons. The molecule has 2 fully saturated rings. The number of nitrogens with two attached hydrogens (primary N) is 1. The summed E-state index contributed by atoms with van der Waals surface area (Å²) in [6.07, 6.45) is 4.23. The highest BCUT2D eigenvalue weighted by atomic mass is 14.7. The third kappa shape index (κ3) is 0.644. The Morgan fingerprint density at radius 1 is 1.33 bits per heavy atom. The van der Waals surface area contributed by atoms with Crippen molar-refractivity contribution in [1.82, 2.24) is 0 Å². The van der Waals surface area contributed by atoms with Crippen LogP contribution in [0.3, 0.4) is 0 Å². The van der Waals surface area contributed by atoms with E-state index in [0.29, 0.717) is 6.04 Å². The van der Waals surface area contributed by atoms with Crippen LogP contribution in [0.1, 0.15) is 26.2 Å². The molecule has 1 heteroatoms. The van der Waals surface area contributed by atoms with Crippen molar-refractivity contribution in [2.75, 3.05) is 0 Å². The van der Waals surface area contributed by atoms with Crippen LogP contribution in [0.25, 0.3) is 0 Å². The topological polar surface area (TPSA) is 26.0 Å². The van der Waals surface area contributed by atoms with Crippen molar-refractivity contribution in [3.8, 4) is 0 Å². The molecule has 2 saturated carbocycles. The molecule has 0 aromatic carbocycles. The SMILES string of the molecule is CC1CC2CCC1C2N. The molecule has 4 unspecified atom stereocenters. The highest BCUT2D eigenvalue weighted by Gasteiger charge is 2.43. The molecule has 2 rings (SSSR count). The molecule has 0 saturated heterocycles. The summed E-state index contributed by atoms with van der Waals surface area (Å²) < 4.78 is 0. The van der Waals surface area contributed by atoms with Crippen LogP contribution < -0.4 is 5.73 Å². The van der Waals surface area contributed by atoms with Gasteiger partial charge in [0.15, 0.2) is 0 Å². The molecule has 0 aromatic rings. The lowest BCUT2D eigenvalue weighted by Crippen LogP contribution is -2.25. The van der Waals surface area contributed by atoms with E-state index in [-0.39, 0.29) is 0 Å². The van der Waals surface area contributed by atoms with Gasteiger partial charge >= 0.3 is 0 Å². The van der Waals surface area contributed by atoms with Crippen molar-refractivity contribution < 1.29 is 0 Å². The second-order valence-electron chi connectivity index (χ2n) is 3.79. The Hall–Kier alpha value is -0.0400. The zero-order valence-electron chi connectivity index (χ0n) is 6.01. The van der Waals surface area contributed by atoms with E-state index in [9.17, 15) is 0 Å². The predicted octanol–water partition coefficient (Wildman–Crippen LogP) is 1.38. The summed E-state index contributed by atoms with van der Waals surface area (Å²) in [5, 5.41) is 0. The molecule has 1 nitrogen and oxygen atoms in total. The maximum Gasteiger partial charge on any atom is 0.00982 e. The molecule has 2 aliphatic rings. The van der Waals surface area contributed by atoms with Gasteiger partial charge in [-0.05, 0) is 37.0 Å². The predicted molar refractivity (Wildman–Crippen MR) is 38.0 cm³/mol. The fourth-order valence-electron chi connectivity index (χ4n) is 2.73. The largest absolute Gasteiger partial charge is 0.327 e. The number of hydrogen-bond donors (Lipinski definition) is 1. The van der Waals surface area contributed by atoms with E-state index in [1.807, 2.05) is 0 Å². The van der Waals surface area contributed by atoms with Gasteiger partial charge < -0.3 is 5.73 Å². The zero-order valence-corrected chi connectivity index (χ0v) is 6.01. The molecule has 0 spiro atoms. The lowest BCUT2D eigenvalue weighted by molar-refractivity contribution is 0.356. The molecular formula is C8H15N. The van der Waals surface area contributed by atoms with E-state index in [2.05, 4.69) is 6.92 Å². The Labute approximate surface area is 56.6 Å². The first-order chi connectivity index (χ1) is 4.29. The smallest absolute Gasteiger partial charge is 0.00982 e. The van der Waals surface area contributed by atoms with Crippen molar-refractivity contribution in [1.29, 1.82) is 0 Å². The number of hydrogen-bond acceptors (Lipinski definition) is 1. The molecular weight excluding hydrogens is 110 g/mol. The van der Waals surface area contributed by atoms with Gasteiger partial charge in [-0.25, -0.2) is 0 Å². The molecule has 0 amide bonds. The van der Waals surface area contributed by atoms with E-state index < -0.39 is 0 Å². The Morgan fingerprint density at radius 3 is 2.33 bits per heavy atom. The fraction of sp³-hybridized carbons (Fsp3) is 1.00. The van der Waals surface area contributed by atoms with Crippen LogP contribution in [0.4, 0.5) is 0 Å². The van der Waals surface area contributed by atoms with Gasteiger partial charge in [0, 0.05) is 6.04 Å². The molecule has 9 heavy (non-hydrogen) atoms. The van der Waals surface area contributed by atoms with Crippen molar-refractivity contribution in [3.63, 3.8) is 0 Å². The molecule has 0 aromatic heterocycles. The summed E-state index contributed by atoms with van der Waals surface area (Å²) in [5.41, 5.74) is 5.97. The normalized spacial score (nSPS) is 56.7. The second-order valence-corrected chi connectivity index (χ2v) is 3.79. The van der Waals surface area contributed by atoms with Crippen LogP contribution in [0.5, 0.6) is 0 Å². The van der Waals surface area contributed by atoms with Gasteiger partial charge in [-0.2, -0.15) is 0 Å². The maximum atomic E-state index is 5.97. The number of fused-ring (bicyclic) bond motifs is 2. The van der Waals surface area contributed by atoms with Gasteiger partial charge in [0.25, 0.3) is 0 Å². The molecule has 0 radical (unpaired) electrons. The minimum atomic E-state index is 0.569. The van der Waals surface area contributed by atoms with E-state index in [4.69, 9.17) is 5.73 Å². The summed E-state index contributed by atoms with van der Waals surface area (Å²) >= 11 is 0. The van der Waals surface area contributed by atoms with Gasteiger partial charge in [0.2, 0.25) is 0 Å². The third-order valence-corrected chi connectivity index (χ3v) is 3.31. The molecule has 2 aliphatic carbocycles. The first kappa shape index (κ1) is 5.72. The highest BCUT2D eigenvalue weighted by molar-refractivity contribution is 4.97. The van der Waals surface area contributed by atoms with Crippen LogP contribution in [-0.4, -0.2) is 6.04 Å². The summed E-state index contributed by atoms with van der Waals surface area (Å²) in [6.45, 7) is 2.35. The fourth-order valence-corrected chi connectivity index (χ4v) is 2.73. The maximum absolute atomic E-state index is 5.97. The zero-order chi connectivity index (χ0) is 6.43. The average Bonchev–Trinajstić information content (AvgIpc) is 2.25. The Kier molecular flexibility index (Phi) is 1.10. The van der Waals surface area contributed by atoms with Crippen molar-refractivity contribution in [3.05, 3.63) is 0 Å². The number of rotatable bonds is 0. The highest BCUT2D eigenvalue weighted by Crippen LogP contribution is 2.46. The van der Waals surface area contributed by atoms with Crippen LogP contribution in [0.2, 0.25) is 0 Å². The van der Waals surface area contributed by atoms with E-state index in [1.165, 1.54) is 19.3 Å². The molecule has 0 aliphatic heterocycles. The van der Waals surface area contributed by atoms with Crippen molar-refractivity contribution in [2.45, 2.75) is 32.2 Å². The molecule has 0 heterocycles. The Bertz CT molecular complexity index is 122. The minimum Gasteiger partial charge on any atom is -0.327 e. The van der Waals surface area contributed by atoms with Crippen LogP contribution in [0.15, 0.2) is 0 Å². The standard InChI is InChI=1S/C8H15N/c1-5-4-6-2-3-7(5)8(6)9/h5-8H,2-4,9H2,1H3. The molecule has 4 atom stereocenters. The lowest BCUT2D eigenvalue weighted by Gasteiger charge is -2.15. The summed E-state index contributed by atoms with van der Waals surface area (Å²) in [4.78, 5) is 0. The van der Waals surface area contributed by atoms with Crippen LogP contribution in [-0.2, 0) is 0 Å². The first-order valence-electron chi connectivity index (χ1n) is 4.04. The van der Waals surface area contributed by atoms with Gasteiger partial charge in [-0.15, -0.1) is 0 Å².